The summed E-state index contributed by atoms with van der Waals surface area (Å²) in [5.41, 5.74) is 0.664. The van der Waals surface area contributed by atoms with Gasteiger partial charge in [-0.3, -0.25) is 14.4 Å². The summed E-state index contributed by atoms with van der Waals surface area (Å²) in [6, 6.07) is 13.2. The molecule has 3 aromatic rings. The monoisotopic (exact) mass is 404 g/mol. The first-order chi connectivity index (χ1) is 14.5. The normalized spacial score (nSPS) is 13.9. The number of carbonyl (C=O) groups is 3. The van der Waals surface area contributed by atoms with Crippen LogP contribution in [0.25, 0.3) is 10.9 Å². The zero-order valence-corrected chi connectivity index (χ0v) is 15.9. The van der Waals surface area contributed by atoms with Crippen molar-refractivity contribution in [1.29, 1.82) is 5.26 Å². The lowest BCUT2D eigenvalue weighted by molar-refractivity contribution is -0.127. The fourth-order valence-electron chi connectivity index (χ4n) is 3.62. The number of carbonyl (C=O) groups excluding carboxylic acids is 3. The quantitative estimate of drug-likeness (QED) is 0.535. The summed E-state index contributed by atoms with van der Waals surface area (Å²) in [6.45, 7) is 1.04. The summed E-state index contributed by atoms with van der Waals surface area (Å²) >= 11 is 0. The molecule has 30 heavy (non-hydrogen) atoms. The molecule has 150 valence electrons. The molecule has 1 aromatic heterocycles. The molecule has 1 aliphatic rings. The summed E-state index contributed by atoms with van der Waals surface area (Å²) in [5.74, 6) is -2.29. The minimum atomic E-state index is -0.814. The van der Waals surface area contributed by atoms with E-state index < -0.39 is 17.5 Å². The maximum Gasteiger partial charge on any atom is 0.295 e. The molecular weight excluding hydrogens is 387 g/mol. The van der Waals surface area contributed by atoms with Crippen LogP contribution in [0.15, 0.2) is 48.7 Å². The van der Waals surface area contributed by atoms with Crippen LogP contribution in [0.5, 0.6) is 0 Å². The molecule has 2 heterocycles. The Bertz CT molecular complexity index is 1190. The number of H-pyrrole nitrogens is 1. The number of ketones is 1. The van der Waals surface area contributed by atoms with Crippen LogP contribution in [-0.2, 0) is 4.79 Å². The van der Waals surface area contributed by atoms with Crippen LogP contribution in [0.1, 0.15) is 26.3 Å². The molecule has 2 aromatic carbocycles. The third-order valence-electron chi connectivity index (χ3n) is 5.22. The van der Waals surface area contributed by atoms with Gasteiger partial charge in [0.1, 0.15) is 5.82 Å². The summed E-state index contributed by atoms with van der Waals surface area (Å²) < 4.78 is 14.0. The second kappa shape index (κ2) is 7.79. The van der Waals surface area contributed by atoms with Crippen LogP contribution < -0.4 is 0 Å². The standard InChI is InChI=1S/C22H17FN4O3/c23-17-7-6-15(12-24)18-16(13-25-19(17)18)20(28)22(30)27-10-8-26(9-11-27)21(29)14-4-2-1-3-5-14/h1-7,13,25H,8-11H2. The highest BCUT2D eigenvalue weighted by molar-refractivity contribution is 6.45. The number of nitrogens with zero attached hydrogens (tertiary/aromatic N) is 3. The minimum Gasteiger partial charge on any atom is -0.358 e. The van der Waals surface area contributed by atoms with Crippen LogP contribution in [0.2, 0.25) is 0 Å². The maximum atomic E-state index is 14.0. The Morgan fingerprint density at radius 1 is 0.967 bits per heavy atom. The van der Waals surface area contributed by atoms with Gasteiger partial charge in [-0.05, 0) is 24.3 Å². The van der Waals surface area contributed by atoms with Gasteiger partial charge in [-0.2, -0.15) is 5.26 Å². The smallest absolute Gasteiger partial charge is 0.295 e. The Kier molecular flexibility index (Phi) is 5.02. The molecule has 0 saturated carbocycles. The zero-order valence-electron chi connectivity index (χ0n) is 15.9. The Morgan fingerprint density at radius 3 is 2.30 bits per heavy atom. The number of Topliss-reactive ketones (excluding diaryl/α,β-unsaturated/α-hetero) is 1. The number of hydrogen-bond acceptors (Lipinski definition) is 4. The number of benzene rings is 2. The van der Waals surface area contributed by atoms with E-state index in [1.165, 1.54) is 17.2 Å². The number of rotatable bonds is 3. The molecule has 8 heteroatoms. The van der Waals surface area contributed by atoms with Crippen molar-refractivity contribution >= 4 is 28.5 Å². The second-order valence-electron chi connectivity index (χ2n) is 6.94. The minimum absolute atomic E-state index is 0.0171. The molecule has 0 spiro atoms. The number of halogens is 1. The van der Waals surface area contributed by atoms with E-state index in [2.05, 4.69) is 4.98 Å². The highest BCUT2D eigenvalue weighted by Gasteiger charge is 2.30. The molecule has 7 nitrogen and oxygen atoms in total. The molecule has 1 N–H and O–H groups in total. The molecule has 2 amide bonds. The van der Waals surface area contributed by atoms with Crippen LogP contribution in [0.3, 0.4) is 0 Å². The van der Waals surface area contributed by atoms with E-state index in [9.17, 15) is 24.0 Å². The lowest BCUT2D eigenvalue weighted by Crippen LogP contribution is -2.52. The van der Waals surface area contributed by atoms with E-state index in [1.807, 2.05) is 12.1 Å². The van der Waals surface area contributed by atoms with Gasteiger partial charge in [-0.1, -0.05) is 18.2 Å². The van der Waals surface area contributed by atoms with Gasteiger partial charge < -0.3 is 14.8 Å². The Labute approximate surface area is 171 Å². The van der Waals surface area contributed by atoms with Gasteiger partial charge in [0.15, 0.2) is 0 Å². The molecule has 1 aliphatic heterocycles. The lowest BCUT2D eigenvalue weighted by Gasteiger charge is -2.34. The largest absolute Gasteiger partial charge is 0.358 e. The van der Waals surface area contributed by atoms with E-state index in [0.717, 1.165) is 6.07 Å². The fraction of sp³-hybridized carbons (Fsp3) is 0.182. The molecule has 0 aliphatic carbocycles. The molecule has 0 radical (unpaired) electrons. The third-order valence-corrected chi connectivity index (χ3v) is 5.22. The number of amides is 2. The topological polar surface area (TPSA) is 97.3 Å². The second-order valence-corrected chi connectivity index (χ2v) is 6.94. The fourth-order valence-corrected chi connectivity index (χ4v) is 3.62. The van der Waals surface area contributed by atoms with E-state index in [4.69, 9.17) is 0 Å². The van der Waals surface area contributed by atoms with Crippen molar-refractivity contribution in [3.05, 3.63) is 71.2 Å². The maximum absolute atomic E-state index is 14.0. The number of fused-ring (bicyclic) bond motifs is 1. The van der Waals surface area contributed by atoms with Gasteiger partial charge in [-0.25, -0.2) is 4.39 Å². The van der Waals surface area contributed by atoms with Crippen molar-refractivity contribution in [3.63, 3.8) is 0 Å². The Balaban J connectivity index is 1.50. The third kappa shape index (κ3) is 3.31. The van der Waals surface area contributed by atoms with Gasteiger partial charge in [0.05, 0.1) is 22.7 Å². The van der Waals surface area contributed by atoms with Crippen LogP contribution >= 0.6 is 0 Å². The summed E-state index contributed by atoms with van der Waals surface area (Å²) in [4.78, 5) is 43.7. The van der Waals surface area contributed by atoms with Gasteiger partial charge in [0.2, 0.25) is 0 Å². The van der Waals surface area contributed by atoms with Crippen LogP contribution in [0.4, 0.5) is 4.39 Å². The Morgan fingerprint density at radius 2 is 1.63 bits per heavy atom. The average molecular weight is 404 g/mol. The number of nitriles is 1. The van der Waals surface area contributed by atoms with Crippen LogP contribution in [-0.4, -0.2) is 58.6 Å². The first-order valence-corrected chi connectivity index (χ1v) is 9.39. The zero-order chi connectivity index (χ0) is 21.3. The van der Waals surface area contributed by atoms with E-state index >= 15 is 0 Å². The molecule has 1 fully saturated rings. The van der Waals surface area contributed by atoms with E-state index in [1.54, 1.807) is 29.2 Å². The highest BCUT2D eigenvalue weighted by atomic mass is 19.1. The van der Waals surface area contributed by atoms with Crippen molar-refractivity contribution < 1.29 is 18.8 Å². The van der Waals surface area contributed by atoms with Crippen molar-refractivity contribution in [3.8, 4) is 6.07 Å². The number of nitrogens with one attached hydrogen (secondary N) is 1. The SMILES string of the molecule is N#Cc1ccc(F)c2[nH]cc(C(=O)C(=O)N3CCN(C(=O)c4ccccc4)CC3)c12. The van der Waals surface area contributed by atoms with Crippen molar-refractivity contribution in [2.75, 3.05) is 26.2 Å². The molecule has 0 atom stereocenters. The first-order valence-electron chi connectivity index (χ1n) is 9.39. The van der Waals surface area contributed by atoms with Crippen molar-refractivity contribution in [2.24, 2.45) is 0 Å². The number of aromatic amines is 1. The number of piperazine rings is 1. The first kappa shape index (κ1) is 19.3. The summed E-state index contributed by atoms with van der Waals surface area (Å²) in [5, 5.41) is 9.39. The van der Waals surface area contributed by atoms with Gasteiger partial charge >= 0.3 is 0 Å². The van der Waals surface area contributed by atoms with Gasteiger partial charge in [0.25, 0.3) is 17.6 Å². The predicted octanol–water partition coefficient (Wildman–Crippen LogP) is 2.35. The molecule has 0 bridgehead atoms. The lowest BCUT2D eigenvalue weighted by atomic mass is 10.0. The highest BCUT2D eigenvalue weighted by Crippen LogP contribution is 2.25. The Hall–Kier alpha value is -3.99. The molecule has 1 saturated heterocycles. The van der Waals surface area contributed by atoms with Crippen LogP contribution in [0, 0.1) is 17.1 Å². The van der Waals surface area contributed by atoms with E-state index in [0.29, 0.717) is 18.7 Å². The van der Waals surface area contributed by atoms with Gasteiger partial charge in [-0.15, -0.1) is 0 Å². The van der Waals surface area contributed by atoms with Gasteiger partial charge in [0, 0.05) is 43.3 Å². The molecule has 0 unspecified atom stereocenters. The number of hydrogen-bond donors (Lipinski definition) is 1. The number of aromatic nitrogens is 1. The van der Waals surface area contributed by atoms with Crippen molar-refractivity contribution in [2.45, 2.75) is 0 Å². The predicted molar refractivity (Wildman–Crippen MR) is 106 cm³/mol. The summed E-state index contributed by atoms with van der Waals surface area (Å²) in [7, 11) is 0. The van der Waals surface area contributed by atoms with E-state index in [-0.39, 0.29) is 41.0 Å². The summed E-state index contributed by atoms with van der Waals surface area (Å²) in [6.07, 6.45) is 1.25. The molecular formula is C22H17FN4O3. The molecule has 4 rings (SSSR count). The average Bonchev–Trinajstić information content (AvgIpc) is 3.25. The van der Waals surface area contributed by atoms with Crippen molar-refractivity contribution in [1.82, 2.24) is 14.8 Å².